The number of unbranched alkanes of at least 4 members (excludes halogenated alkanes) is 1. The SMILES string of the molecule is CCCCN(C)C(=NCCc1nc(-c2ccco2)n[nH]1)NCC. The first kappa shape index (κ1) is 17.1. The van der Waals surface area contributed by atoms with Crippen molar-refractivity contribution in [1.82, 2.24) is 25.4 Å². The van der Waals surface area contributed by atoms with E-state index in [4.69, 9.17) is 4.42 Å². The van der Waals surface area contributed by atoms with Gasteiger partial charge in [-0.15, -0.1) is 0 Å². The quantitative estimate of drug-likeness (QED) is 0.576. The second kappa shape index (κ2) is 8.97. The molecular formula is C16H26N6O. The van der Waals surface area contributed by atoms with Crippen molar-refractivity contribution in [2.45, 2.75) is 33.1 Å². The zero-order valence-corrected chi connectivity index (χ0v) is 14.2. The van der Waals surface area contributed by atoms with Crippen LogP contribution in [0.3, 0.4) is 0 Å². The minimum atomic E-state index is 0.584. The minimum absolute atomic E-state index is 0.584. The molecule has 0 aromatic carbocycles. The van der Waals surface area contributed by atoms with Gasteiger partial charge in [-0.25, -0.2) is 4.98 Å². The van der Waals surface area contributed by atoms with Gasteiger partial charge in [-0.05, 0) is 25.5 Å². The topological polar surface area (TPSA) is 82.3 Å². The van der Waals surface area contributed by atoms with Crippen LogP contribution in [0.4, 0.5) is 0 Å². The number of furan rings is 1. The van der Waals surface area contributed by atoms with Gasteiger partial charge in [-0.2, -0.15) is 5.10 Å². The zero-order chi connectivity index (χ0) is 16.5. The molecule has 7 heteroatoms. The second-order valence-corrected chi connectivity index (χ2v) is 5.34. The smallest absolute Gasteiger partial charge is 0.216 e. The van der Waals surface area contributed by atoms with Crippen molar-refractivity contribution >= 4 is 5.96 Å². The number of aliphatic imine (C=N–C) groups is 1. The summed E-state index contributed by atoms with van der Waals surface area (Å²) in [5.41, 5.74) is 0. The van der Waals surface area contributed by atoms with Crippen LogP contribution in [0, 0.1) is 0 Å². The fourth-order valence-corrected chi connectivity index (χ4v) is 2.16. The summed E-state index contributed by atoms with van der Waals surface area (Å²) < 4.78 is 5.29. The molecule has 0 spiro atoms. The Morgan fingerprint density at radius 3 is 3.00 bits per heavy atom. The maximum Gasteiger partial charge on any atom is 0.216 e. The zero-order valence-electron chi connectivity index (χ0n) is 14.2. The van der Waals surface area contributed by atoms with E-state index in [1.807, 2.05) is 12.1 Å². The third-order valence-electron chi connectivity index (χ3n) is 3.43. The van der Waals surface area contributed by atoms with E-state index in [-0.39, 0.29) is 0 Å². The highest BCUT2D eigenvalue weighted by Gasteiger charge is 2.08. The fraction of sp³-hybridized carbons (Fsp3) is 0.562. The highest BCUT2D eigenvalue weighted by Crippen LogP contribution is 2.14. The van der Waals surface area contributed by atoms with Crippen LogP contribution in [0.5, 0.6) is 0 Å². The van der Waals surface area contributed by atoms with Crippen molar-refractivity contribution in [3.05, 3.63) is 24.2 Å². The third kappa shape index (κ3) is 5.12. The van der Waals surface area contributed by atoms with Crippen molar-refractivity contribution in [2.24, 2.45) is 4.99 Å². The molecule has 2 aromatic heterocycles. The normalized spacial score (nSPS) is 11.7. The van der Waals surface area contributed by atoms with E-state index in [1.54, 1.807) is 6.26 Å². The Balaban J connectivity index is 1.90. The van der Waals surface area contributed by atoms with Gasteiger partial charge in [0, 0.05) is 33.1 Å². The van der Waals surface area contributed by atoms with Gasteiger partial charge in [-0.1, -0.05) is 13.3 Å². The number of guanidine groups is 1. The molecule has 0 atom stereocenters. The first-order valence-electron chi connectivity index (χ1n) is 8.19. The Morgan fingerprint density at radius 1 is 1.43 bits per heavy atom. The van der Waals surface area contributed by atoms with E-state index in [9.17, 15) is 0 Å². The molecule has 2 N–H and O–H groups in total. The number of aromatic amines is 1. The summed E-state index contributed by atoms with van der Waals surface area (Å²) in [6.07, 6.45) is 4.67. The van der Waals surface area contributed by atoms with Gasteiger partial charge in [0.15, 0.2) is 11.7 Å². The number of H-pyrrole nitrogens is 1. The molecule has 2 heterocycles. The molecule has 23 heavy (non-hydrogen) atoms. The molecule has 0 aliphatic rings. The van der Waals surface area contributed by atoms with E-state index in [0.717, 1.165) is 31.3 Å². The fourth-order valence-electron chi connectivity index (χ4n) is 2.16. The van der Waals surface area contributed by atoms with Crippen LogP contribution in [0.2, 0.25) is 0 Å². The number of nitrogens with zero attached hydrogens (tertiary/aromatic N) is 4. The molecule has 7 nitrogen and oxygen atoms in total. The first-order chi connectivity index (χ1) is 11.2. The van der Waals surface area contributed by atoms with Crippen LogP contribution in [0.25, 0.3) is 11.6 Å². The lowest BCUT2D eigenvalue weighted by atomic mass is 10.3. The Hall–Kier alpha value is -2.31. The number of aromatic nitrogens is 3. The average Bonchev–Trinajstić information content (AvgIpc) is 3.22. The summed E-state index contributed by atoms with van der Waals surface area (Å²) in [7, 11) is 2.07. The van der Waals surface area contributed by atoms with Gasteiger partial charge in [0.1, 0.15) is 5.82 Å². The summed E-state index contributed by atoms with van der Waals surface area (Å²) in [5, 5.41) is 10.4. The molecule has 0 bridgehead atoms. The standard InChI is InChI=1S/C16H26N6O/c1-4-6-11-22(3)16(17-5-2)18-10-9-14-19-15(21-20-14)13-8-7-12-23-13/h7-8,12H,4-6,9-11H2,1-3H3,(H,17,18)(H,19,20,21). The van der Waals surface area contributed by atoms with Crippen LogP contribution in [0.15, 0.2) is 27.8 Å². The van der Waals surface area contributed by atoms with Crippen molar-refractivity contribution < 1.29 is 4.42 Å². The van der Waals surface area contributed by atoms with Crippen molar-refractivity contribution in [2.75, 3.05) is 26.7 Å². The van der Waals surface area contributed by atoms with E-state index >= 15 is 0 Å². The van der Waals surface area contributed by atoms with E-state index < -0.39 is 0 Å². The maximum absolute atomic E-state index is 5.29. The lowest BCUT2D eigenvalue weighted by Crippen LogP contribution is -2.39. The van der Waals surface area contributed by atoms with Gasteiger partial charge in [0.25, 0.3) is 0 Å². The van der Waals surface area contributed by atoms with Gasteiger partial charge in [0.2, 0.25) is 5.82 Å². The Bertz CT molecular complexity index is 589. The summed E-state index contributed by atoms with van der Waals surface area (Å²) in [6.45, 7) is 6.80. The molecular weight excluding hydrogens is 292 g/mol. The number of hydrogen-bond donors (Lipinski definition) is 2. The van der Waals surface area contributed by atoms with Crippen LogP contribution in [0.1, 0.15) is 32.5 Å². The van der Waals surface area contributed by atoms with Gasteiger partial charge in [0.05, 0.1) is 6.26 Å². The predicted octanol–water partition coefficient (Wildman–Crippen LogP) is 2.30. The summed E-state index contributed by atoms with van der Waals surface area (Å²) in [6, 6.07) is 3.67. The predicted molar refractivity (Wildman–Crippen MR) is 91.3 cm³/mol. The van der Waals surface area contributed by atoms with Gasteiger partial charge < -0.3 is 14.6 Å². The highest BCUT2D eigenvalue weighted by atomic mass is 16.3. The first-order valence-corrected chi connectivity index (χ1v) is 8.19. The molecule has 0 aliphatic heterocycles. The Labute approximate surface area is 137 Å². The Morgan fingerprint density at radius 2 is 2.30 bits per heavy atom. The number of hydrogen-bond acceptors (Lipinski definition) is 4. The van der Waals surface area contributed by atoms with Crippen LogP contribution >= 0.6 is 0 Å². The van der Waals surface area contributed by atoms with Crippen LogP contribution in [-0.2, 0) is 6.42 Å². The van der Waals surface area contributed by atoms with E-state index in [2.05, 4.69) is 51.3 Å². The van der Waals surface area contributed by atoms with Gasteiger partial charge >= 0.3 is 0 Å². The molecule has 2 rings (SSSR count). The molecule has 0 unspecified atom stereocenters. The molecule has 2 aromatic rings. The van der Waals surface area contributed by atoms with Crippen molar-refractivity contribution in [3.8, 4) is 11.6 Å². The number of rotatable bonds is 8. The molecule has 0 fully saturated rings. The highest BCUT2D eigenvalue weighted by molar-refractivity contribution is 5.79. The Kier molecular flexibility index (Phi) is 6.65. The molecule has 0 saturated carbocycles. The second-order valence-electron chi connectivity index (χ2n) is 5.34. The average molecular weight is 318 g/mol. The minimum Gasteiger partial charge on any atom is -0.461 e. The summed E-state index contributed by atoms with van der Waals surface area (Å²) in [4.78, 5) is 11.2. The molecule has 0 amide bonds. The maximum atomic E-state index is 5.29. The molecule has 126 valence electrons. The molecule has 0 aliphatic carbocycles. The van der Waals surface area contributed by atoms with Crippen LogP contribution < -0.4 is 5.32 Å². The van der Waals surface area contributed by atoms with Gasteiger partial charge in [-0.3, -0.25) is 10.1 Å². The van der Waals surface area contributed by atoms with Crippen molar-refractivity contribution in [1.29, 1.82) is 0 Å². The van der Waals surface area contributed by atoms with E-state index in [0.29, 0.717) is 24.6 Å². The molecule has 0 saturated heterocycles. The lowest BCUT2D eigenvalue weighted by molar-refractivity contribution is 0.465. The monoisotopic (exact) mass is 318 g/mol. The van der Waals surface area contributed by atoms with E-state index in [1.165, 1.54) is 6.42 Å². The summed E-state index contributed by atoms with van der Waals surface area (Å²) in [5.74, 6) is 3.00. The summed E-state index contributed by atoms with van der Waals surface area (Å²) >= 11 is 0. The lowest BCUT2D eigenvalue weighted by Gasteiger charge is -2.21. The third-order valence-corrected chi connectivity index (χ3v) is 3.43. The molecule has 0 radical (unpaired) electrons. The largest absolute Gasteiger partial charge is 0.461 e. The van der Waals surface area contributed by atoms with Crippen LogP contribution in [-0.4, -0.2) is 52.7 Å². The van der Waals surface area contributed by atoms with Crippen molar-refractivity contribution in [3.63, 3.8) is 0 Å². The number of nitrogens with one attached hydrogen (secondary N) is 2.